The average molecular weight is 299 g/mol. The molecule has 110 valence electrons. The van der Waals surface area contributed by atoms with E-state index >= 15 is 0 Å². The molecule has 2 rings (SSSR count). The van der Waals surface area contributed by atoms with Crippen LogP contribution in [0.3, 0.4) is 0 Å². The number of hydrogen-bond donors (Lipinski definition) is 2. The zero-order valence-corrected chi connectivity index (χ0v) is 12.0. The number of aliphatic hydroxyl groups excluding tert-OH is 1. The van der Waals surface area contributed by atoms with Crippen molar-refractivity contribution in [1.82, 2.24) is 5.32 Å². The van der Waals surface area contributed by atoms with E-state index in [0.29, 0.717) is 23.4 Å². The predicted molar refractivity (Wildman–Crippen MR) is 77.7 cm³/mol. The van der Waals surface area contributed by atoms with Gasteiger partial charge in [0.15, 0.2) is 0 Å². The minimum absolute atomic E-state index is 0.0558. The summed E-state index contributed by atoms with van der Waals surface area (Å²) in [4.78, 5) is 10.3. The van der Waals surface area contributed by atoms with Crippen LogP contribution in [0, 0.1) is 22.0 Å². The smallest absolute Gasteiger partial charge is 0.269 e. The van der Waals surface area contributed by atoms with E-state index in [-0.39, 0.29) is 12.3 Å². The maximum atomic E-state index is 10.7. The number of aliphatic hydroxyl groups is 1. The molecule has 2 unspecified atom stereocenters. The van der Waals surface area contributed by atoms with Gasteiger partial charge < -0.3 is 10.4 Å². The summed E-state index contributed by atoms with van der Waals surface area (Å²) in [7, 11) is 0. The van der Waals surface area contributed by atoms with Gasteiger partial charge in [0.2, 0.25) is 0 Å². The molecule has 0 aromatic heterocycles. The highest BCUT2D eigenvalue weighted by Crippen LogP contribution is 2.30. The highest BCUT2D eigenvalue weighted by atomic mass is 35.5. The topological polar surface area (TPSA) is 75.4 Å². The number of nitrogens with one attached hydrogen (secondary N) is 1. The van der Waals surface area contributed by atoms with E-state index in [1.807, 2.05) is 0 Å². The van der Waals surface area contributed by atoms with Crippen molar-refractivity contribution in [2.75, 3.05) is 13.2 Å². The minimum atomic E-state index is -0.418. The van der Waals surface area contributed by atoms with Crippen molar-refractivity contribution in [3.8, 4) is 0 Å². The highest BCUT2D eigenvalue weighted by molar-refractivity contribution is 6.31. The van der Waals surface area contributed by atoms with Gasteiger partial charge in [-0.05, 0) is 42.9 Å². The van der Waals surface area contributed by atoms with Crippen LogP contribution in [0.4, 0.5) is 5.69 Å². The summed E-state index contributed by atoms with van der Waals surface area (Å²) in [6.07, 6.45) is 3.37. The number of non-ortho nitro benzene ring substituents is 1. The van der Waals surface area contributed by atoms with Gasteiger partial charge >= 0.3 is 0 Å². The Morgan fingerprint density at radius 3 is 2.85 bits per heavy atom. The summed E-state index contributed by atoms with van der Waals surface area (Å²) in [6.45, 7) is 1.56. The summed E-state index contributed by atoms with van der Waals surface area (Å²) in [5.41, 5.74) is 0.791. The summed E-state index contributed by atoms with van der Waals surface area (Å²) in [6, 6.07) is 4.47. The van der Waals surface area contributed by atoms with Crippen molar-refractivity contribution in [2.24, 2.45) is 11.8 Å². The maximum Gasteiger partial charge on any atom is 0.269 e. The first-order chi connectivity index (χ1) is 9.61. The molecule has 1 fully saturated rings. The number of nitro benzene ring substituents is 1. The lowest BCUT2D eigenvalue weighted by Crippen LogP contribution is -2.26. The van der Waals surface area contributed by atoms with Crippen molar-refractivity contribution in [3.63, 3.8) is 0 Å². The molecule has 0 bridgehead atoms. The molecule has 2 atom stereocenters. The SMILES string of the molecule is O=[N+]([O-])c1ccc(Cl)c(CNCC2CCCC2CO)c1. The molecule has 1 aromatic rings. The molecule has 0 radical (unpaired) electrons. The van der Waals surface area contributed by atoms with Crippen LogP contribution in [0.1, 0.15) is 24.8 Å². The summed E-state index contributed by atoms with van der Waals surface area (Å²) >= 11 is 6.05. The van der Waals surface area contributed by atoms with E-state index in [9.17, 15) is 15.2 Å². The van der Waals surface area contributed by atoms with Gasteiger partial charge in [-0.25, -0.2) is 0 Å². The standard InChI is InChI=1S/C14H19ClN2O3/c15-14-5-4-13(17(19)20)6-12(14)8-16-7-10-2-1-3-11(10)9-18/h4-6,10-11,16,18H,1-3,7-9H2. The number of halogens is 1. The zero-order chi connectivity index (χ0) is 14.5. The third kappa shape index (κ3) is 3.69. The van der Waals surface area contributed by atoms with Crippen molar-refractivity contribution in [1.29, 1.82) is 0 Å². The molecule has 1 saturated carbocycles. The molecular formula is C14H19ClN2O3. The van der Waals surface area contributed by atoms with Crippen LogP contribution < -0.4 is 5.32 Å². The second kappa shape index (κ2) is 7.02. The lowest BCUT2D eigenvalue weighted by molar-refractivity contribution is -0.384. The van der Waals surface area contributed by atoms with E-state index in [0.717, 1.165) is 31.4 Å². The second-order valence-electron chi connectivity index (χ2n) is 5.30. The van der Waals surface area contributed by atoms with Crippen LogP contribution in [-0.4, -0.2) is 23.2 Å². The largest absolute Gasteiger partial charge is 0.396 e. The van der Waals surface area contributed by atoms with Gasteiger partial charge in [0.25, 0.3) is 5.69 Å². The average Bonchev–Trinajstić information content (AvgIpc) is 2.88. The van der Waals surface area contributed by atoms with E-state index in [2.05, 4.69) is 5.32 Å². The molecular weight excluding hydrogens is 280 g/mol. The van der Waals surface area contributed by atoms with Gasteiger partial charge in [0, 0.05) is 30.3 Å². The Morgan fingerprint density at radius 2 is 2.15 bits per heavy atom. The first kappa shape index (κ1) is 15.2. The lowest BCUT2D eigenvalue weighted by Gasteiger charge is -2.18. The minimum Gasteiger partial charge on any atom is -0.396 e. The Kier molecular flexibility index (Phi) is 5.34. The van der Waals surface area contributed by atoms with E-state index < -0.39 is 4.92 Å². The molecule has 0 saturated heterocycles. The van der Waals surface area contributed by atoms with Crippen LogP contribution in [-0.2, 0) is 6.54 Å². The van der Waals surface area contributed by atoms with Gasteiger partial charge in [-0.1, -0.05) is 18.0 Å². The van der Waals surface area contributed by atoms with Crippen molar-refractivity contribution < 1.29 is 10.0 Å². The van der Waals surface area contributed by atoms with Crippen LogP contribution in [0.2, 0.25) is 5.02 Å². The van der Waals surface area contributed by atoms with Crippen molar-refractivity contribution >= 4 is 17.3 Å². The molecule has 0 aliphatic heterocycles. The summed E-state index contributed by atoms with van der Waals surface area (Å²) in [5.74, 6) is 0.862. The Labute approximate surface area is 123 Å². The second-order valence-corrected chi connectivity index (χ2v) is 5.70. The molecule has 1 aliphatic rings. The number of hydrogen-bond acceptors (Lipinski definition) is 4. The molecule has 0 spiro atoms. The van der Waals surface area contributed by atoms with E-state index in [4.69, 9.17) is 11.6 Å². The first-order valence-corrected chi connectivity index (χ1v) is 7.24. The van der Waals surface area contributed by atoms with Crippen molar-refractivity contribution in [3.05, 3.63) is 38.9 Å². The fraction of sp³-hybridized carbons (Fsp3) is 0.571. The van der Waals surface area contributed by atoms with Crippen molar-refractivity contribution in [2.45, 2.75) is 25.8 Å². The maximum absolute atomic E-state index is 10.7. The number of nitrogens with zero attached hydrogens (tertiary/aromatic N) is 1. The van der Waals surface area contributed by atoms with Gasteiger partial charge in [-0.3, -0.25) is 10.1 Å². The molecule has 6 heteroatoms. The first-order valence-electron chi connectivity index (χ1n) is 6.86. The Balaban J connectivity index is 1.90. The van der Waals surface area contributed by atoms with Gasteiger partial charge in [-0.2, -0.15) is 0 Å². The van der Waals surface area contributed by atoms with Crippen LogP contribution >= 0.6 is 11.6 Å². The number of nitro groups is 1. The molecule has 2 N–H and O–H groups in total. The van der Waals surface area contributed by atoms with Crippen LogP contribution in [0.25, 0.3) is 0 Å². The number of rotatable bonds is 6. The third-order valence-electron chi connectivity index (χ3n) is 4.01. The van der Waals surface area contributed by atoms with Crippen LogP contribution in [0.5, 0.6) is 0 Å². The van der Waals surface area contributed by atoms with E-state index in [1.54, 1.807) is 6.07 Å². The predicted octanol–water partition coefficient (Wildman–Crippen LogP) is 2.75. The fourth-order valence-electron chi connectivity index (χ4n) is 2.83. The van der Waals surface area contributed by atoms with Crippen LogP contribution in [0.15, 0.2) is 18.2 Å². The third-order valence-corrected chi connectivity index (χ3v) is 4.38. The molecule has 1 aromatic carbocycles. The number of benzene rings is 1. The molecule has 20 heavy (non-hydrogen) atoms. The van der Waals surface area contributed by atoms with E-state index in [1.165, 1.54) is 12.1 Å². The van der Waals surface area contributed by atoms with Gasteiger partial charge in [0.05, 0.1) is 4.92 Å². The Bertz CT molecular complexity index is 481. The highest BCUT2D eigenvalue weighted by Gasteiger charge is 2.26. The normalized spacial score (nSPS) is 22.1. The molecule has 5 nitrogen and oxygen atoms in total. The molecule has 0 heterocycles. The lowest BCUT2D eigenvalue weighted by atomic mass is 9.97. The van der Waals surface area contributed by atoms with Gasteiger partial charge in [0.1, 0.15) is 0 Å². The van der Waals surface area contributed by atoms with Gasteiger partial charge in [-0.15, -0.1) is 0 Å². The summed E-state index contributed by atoms with van der Waals surface area (Å²) < 4.78 is 0. The Hall–Kier alpha value is -1.17. The monoisotopic (exact) mass is 298 g/mol. The fourth-order valence-corrected chi connectivity index (χ4v) is 3.01. The molecule has 1 aliphatic carbocycles. The Morgan fingerprint density at radius 1 is 1.40 bits per heavy atom. The summed E-state index contributed by atoms with van der Waals surface area (Å²) in [5, 5.41) is 23.8. The quantitative estimate of drug-likeness (QED) is 0.625. The molecule has 0 amide bonds. The zero-order valence-electron chi connectivity index (χ0n) is 11.2.